The van der Waals surface area contributed by atoms with E-state index in [2.05, 4.69) is 29.2 Å². The second-order valence-corrected chi connectivity index (χ2v) is 5.56. The van der Waals surface area contributed by atoms with Crippen molar-refractivity contribution >= 4 is 28.1 Å². The van der Waals surface area contributed by atoms with Crippen LogP contribution in [0.5, 0.6) is 0 Å². The molecule has 2 heterocycles. The molecule has 0 bridgehead atoms. The predicted octanol–water partition coefficient (Wildman–Crippen LogP) is 3.29. The van der Waals surface area contributed by atoms with Crippen LogP contribution in [0.15, 0.2) is 0 Å². The van der Waals surface area contributed by atoms with Gasteiger partial charge in [0.25, 0.3) is 0 Å². The molecule has 2 atom stereocenters. The Morgan fingerprint density at radius 1 is 1.50 bits per heavy atom. The maximum Gasteiger partial charge on any atom is 0.162 e. The van der Waals surface area contributed by atoms with Crippen LogP contribution >= 0.6 is 23.1 Å². The highest BCUT2D eigenvalue weighted by atomic mass is 35.5. The lowest BCUT2D eigenvalue weighted by Gasteiger charge is -2.37. The molecule has 1 fully saturated rings. The number of hydrogen-bond acceptors (Lipinski definition) is 4. The van der Waals surface area contributed by atoms with Gasteiger partial charge >= 0.3 is 0 Å². The Balaban J connectivity index is 2.32. The zero-order valence-electron chi connectivity index (χ0n) is 9.40. The molecule has 0 amide bonds. The van der Waals surface area contributed by atoms with Gasteiger partial charge in [-0.3, -0.25) is 0 Å². The largest absolute Gasteiger partial charge is 0.358 e. The minimum atomic E-state index is 0.341. The van der Waals surface area contributed by atoms with Crippen molar-refractivity contribution < 1.29 is 0 Å². The Bertz CT molecular complexity index is 423. The number of anilines is 1. The first-order valence-electron chi connectivity index (χ1n) is 5.45. The first-order valence-corrected chi connectivity index (χ1v) is 6.60. The van der Waals surface area contributed by atoms with Crippen molar-refractivity contribution in [3.05, 3.63) is 10.7 Å². The van der Waals surface area contributed by atoms with E-state index < -0.39 is 0 Å². The van der Waals surface area contributed by atoms with Crippen molar-refractivity contribution in [3.63, 3.8) is 0 Å². The lowest BCUT2D eigenvalue weighted by molar-refractivity contribution is 0.392. The highest BCUT2D eigenvalue weighted by Crippen LogP contribution is 2.35. The van der Waals surface area contributed by atoms with E-state index in [1.54, 1.807) is 0 Å². The lowest BCUT2D eigenvalue weighted by atomic mass is 9.95. The Kier molecular flexibility index (Phi) is 3.36. The summed E-state index contributed by atoms with van der Waals surface area (Å²) in [5.74, 6) is 0.670. The maximum absolute atomic E-state index is 9.08. The molecule has 0 aromatic carbocycles. The van der Waals surface area contributed by atoms with E-state index in [1.165, 1.54) is 24.4 Å². The number of nitriles is 1. The molecule has 0 radical (unpaired) electrons. The highest BCUT2D eigenvalue weighted by Gasteiger charge is 2.27. The van der Waals surface area contributed by atoms with Crippen LogP contribution in [0.25, 0.3) is 0 Å². The Morgan fingerprint density at radius 3 is 2.94 bits per heavy atom. The summed E-state index contributed by atoms with van der Waals surface area (Å²) in [6.45, 7) is 5.43. The standard InChI is InChI=1S/C11H14ClN3S/c1-7-3-4-8(2)15(6-7)11-9(5-13)10(12)14-16-11/h7-8H,3-4,6H2,1-2H3. The summed E-state index contributed by atoms with van der Waals surface area (Å²) in [5, 5.41) is 10.4. The topological polar surface area (TPSA) is 39.9 Å². The molecule has 2 rings (SSSR count). The van der Waals surface area contributed by atoms with E-state index in [1.807, 2.05) is 0 Å². The van der Waals surface area contributed by atoms with E-state index in [0.29, 0.717) is 22.7 Å². The second kappa shape index (κ2) is 4.60. The Hall–Kier alpha value is -0.790. The normalized spacial score (nSPS) is 25.5. The van der Waals surface area contributed by atoms with Crippen molar-refractivity contribution in [2.45, 2.75) is 32.7 Å². The van der Waals surface area contributed by atoms with Crippen LogP contribution in [0.4, 0.5) is 5.00 Å². The van der Waals surface area contributed by atoms with Gasteiger partial charge in [-0.1, -0.05) is 18.5 Å². The molecule has 1 aromatic rings. The third kappa shape index (κ3) is 2.02. The molecule has 3 nitrogen and oxygen atoms in total. The van der Waals surface area contributed by atoms with Gasteiger partial charge in [-0.15, -0.1) is 0 Å². The minimum absolute atomic E-state index is 0.341. The number of aromatic nitrogens is 1. The number of hydrogen-bond donors (Lipinski definition) is 0. The average Bonchev–Trinajstić information content (AvgIpc) is 2.63. The molecular formula is C11H14ClN3S. The fraction of sp³-hybridized carbons (Fsp3) is 0.636. The van der Waals surface area contributed by atoms with Crippen LogP contribution in [0, 0.1) is 17.2 Å². The maximum atomic E-state index is 9.08. The highest BCUT2D eigenvalue weighted by molar-refractivity contribution is 7.10. The summed E-state index contributed by atoms with van der Waals surface area (Å²) in [5.41, 5.74) is 0.535. The van der Waals surface area contributed by atoms with E-state index in [4.69, 9.17) is 16.9 Å². The zero-order valence-corrected chi connectivity index (χ0v) is 11.0. The van der Waals surface area contributed by atoms with Crippen molar-refractivity contribution in [1.29, 1.82) is 5.26 Å². The molecule has 1 aromatic heterocycles. The first kappa shape index (κ1) is 11.7. The quantitative estimate of drug-likeness (QED) is 0.773. The van der Waals surface area contributed by atoms with Gasteiger partial charge in [-0.2, -0.15) is 9.64 Å². The van der Waals surface area contributed by atoms with Crippen molar-refractivity contribution in [1.82, 2.24) is 4.37 Å². The molecular weight excluding hydrogens is 242 g/mol. The SMILES string of the molecule is CC1CCC(C)N(c2snc(Cl)c2C#N)C1. The summed E-state index contributed by atoms with van der Waals surface area (Å²) in [4.78, 5) is 2.27. The Morgan fingerprint density at radius 2 is 2.25 bits per heavy atom. The minimum Gasteiger partial charge on any atom is -0.358 e. The monoisotopic (exact) mass is 255 g/mol. The van der Waals surface area contributed by atoms with Gasteiger partial charge in [-0.05, 0) is 37.2 Å². The van der Waals surface area contributed by atoms with Crippen molar-refractivity contribution in [2.75, 3.05) is 11.4 Å². The third-order valence-corrected chi connectivity index (χ3v) is 4.38. The molecule has 0 saturated carbocycles. The molecule has 1 aliphatic rings. The molecule has 86 valence electrons. The molecule has 2 unspecified atom stereocenters. The summed E-state index contributed by atoms with van der Waals surface area (Å²) in [6, 6.07) is 2.62. The summed E-state index contributed by atoms with van der Waals surface area (Å²) in [7, 11) is 0. The van der Waals surface area contributed by atoms with E-state index in [-0.39, 0.29) is 0 Å². The lowest BCUT2D eigenvalue weighted by Crippen LogP contribution is -2.40. The van der Waals surface area contributed by atoms with E-state index in [9.17, 15) is 0 Å². The van der Waals surface area contributed by atoms with Crippen LogP contribution in [0.3, 0.4) is 0 Å². The van der Waals surface area contributed by atoms with Crippen LogP contribution in [0.1, 0.15) is 32.3 Å². The van der Waals surface area contributed by atoms with E-state index in [0.717, 1.165) is 11.5 Å². The van der Waals surface area contributed by atoms with Crippen LogP contribution < -0.4 is 4.90 Å². The smallest absolute Gasteiger partial charge is 0.162 e. The van der Waals surface area contributed by atoms with Gasteiger partial charge in [0.15, 0.2) is 5.15 Å². The van der Waals surface area contributed by atoms with Gasteiger partial charge < -0.3 is 4.90 Å². The van der Waals surface area contributed by atoms with Gasteiger partial charge in [0.2, 0.25) is 0 Å². The summed E-state index contributed by atoms with van der Waals surface area (Å²) in [6.07, 6.45) is 2.42. The van der Waals surface area contributed by atoms with Crippen LogP contribution in [-0.2, 0) is 0 Å². The van der Waals surface area contributed by atoms with Gasteiger partial charge in [0.1, 0.15) is 16.6 Å². The molecule has 16 heavy (non-hydrogen) atoms. The number of piperidine rings is 1. The summed E-state index contributed by atoms with van der Waals surface area (Å²) < 4.78 is 4.07. The van der Waals surface area contributed by atoms with Gasteiger partial charge in [0.05, 0.1) is 0 Å². The molecule has 0 spiro atoms. The van der Waals surface area contributed by atoms with Crippen molar-refractivity contribution in [3.8, 4) is 6.07 Å². The number of nitrogens with zero attached hydrogens (tertiary/aromatic N) is 3. The van der Waals surface area contributed by atoms with Gasteiger partial charge in [0, 0.05) is 12.6 Å². The van der Waals surface area contributed by atoms with Crippen LogP contribution in [-0.4, -0.2) is 17.0 Å². The second-order valence-electron chi connectivity index (χ2n) is 4.45. The first-order chi connectivity index (χ1) is 7.63. The summed E-state index contributed by atoms with van der Waals surface area (Å²) >= 11 is 7.23. The zero-order chi connectivity index (χ0) is 11.7. The van der Waals surface area contributed by atoms with E-state index >= 15 is 0 Å². The number of rotatable bonds is 1. The van der Waals surface area contributed by atoms with Crippen LogP contribution in [0.2, 0.25) is 5.15 Å². The van der Waals surface area contributed by atoms with Gasteiger partial charge in [-0.25, -0.2) is 0 Å². The predicted molar refractivity (Wildman–Crippen MR) is 67.0 cm³/mol. The molecule has 1 aliphatic heterocycles. The fourth-order valence-electron chi connectivity index (χ4n) is 2.12. The third-order valence-electron chi connectivity index (χ3n) is 3.12. The molecule has 0 N–H and O–H groups in total. The fourth-order valence-corrected chi connectivity index (χ4v) is 3.27. The average molecular weight is 256 g/mol. The molecule has 1 saturated heterocycles. The molecule has 0 aliphatic carbocycles. The Labute approximate surface area is 105 Å². The van der Waals surface area contributed by atoms with Crippen molar-refractivity contribution in [2.24, 2.45) is 5.92 Å². The molecule has 5 heteroatoms. The number of halogens is 1.